The van der Waals surface area contributed by atoms with Gasteiger partial charge in [0.05, 0.1) is 17.9 Å². The molecule has 0 bridgehead atoms. The van der Waals surface area contributed by atoms with Crippen LogP contribution in [-0.4, -0.2) is 26.7 Å². The van der Waals surface area contributed by atoms with Crippen LogP contribution < -0.4 is 20.4 Å². The van der Waals surface area contributed by atoms with Gasteiger partial charge in [-0.25, -0.2) is 9.64 Å². The number of para-hydroxylation sites is 1. The summed E-state index contributed by atoms with van der Waals surface area (Å²) in [5, 5.41) is 5.97. The lowest BCUT2D eigenvalue weighted by molar-refractivity contribution is 0.262. The van der Waals surface area contributed by atoms with Crippen LogP contribution in [0.25, 0.3) is 4.85 Å². The van der Waals surface area contributed by atoms with Crippen LogP contribution >= 0.6 is 0 Å². The minimum Gasteiger partial charge on any atom is -0.378 e. The quantitative estimate of drug-likeness (QED) is 0.398. The average molecular weight is 466 g/mol. The summed E-state index contributed by atoms with van der Waals surface area (Å²) in [6.07, 6.45) is 6.12. The summed E-state index contributed by atoms with van der Waals surface area (Å²) >= 11 is 0. The first-order valence-corrected chi connectivity index (χ1v) is 12.2. The number of nitrogens with zero attached hydrogens (tertiary/aromatic N) is 3. The first-order chi connectivity index (χ1) is 17.0. The van der Waals surface area contributed by atoms with E-state index in [0.717, 1.165) is 23.6 Å². The number of rotatable bonds is 4. The Morgan fingerprint density at radius 3 is 2.40 bits per heavy atom. The third-order valence-corrected chi connectivity index (χ3v) is 7.33. The molecule has 0 radical (unpaired) electrons. The molecule has 1 saturated carbocycles. The summed E-state index contributed by atoms with van der Waals surface area (Å²) < 4.78 is 0. The van der Waals surface area contributed by atoms with Crippen molar-refractivity contribution in [2.75, 3.05) is 41.1 Å². The molecule has 3 aromatic rings. The summed E-state index contributed by atoms with van der Waals surface area (Å²) in [5.41, 5.74) is 6.62. The molecule has 35 heavy (non-hydrogen) atoms. The number of carbonyl (C=O) groups excluding carboxylic acids is 1. The maximum absolute atomic E-state index is 13.0. The molecular weight excluding hydrogens is 434 g/mol. The smallest absolute Gasteiger partial charge is 0.323 e. The molecule has 178 valence electrons. The number of amides is 2. The second-order valence-electron chi connectivity index (χ2n) is 9.78. The number of carbonyl (C=O) groups is 1. The van der Waals surface area contributed by atoms with Gasteiger partial charge in [0, 0.05) is 43.1 Å². The maximum Gasteiger partial charge on any atom is 0.323 e. The van der Waals surface area contributed by atoms with Crippen LogP contribution in [0.3, 0.4) is 0 Å². The van der Waals surface area contributed by atoms with Gasteiger partial charge in [0.1, 0.15) is 0 Å². The number of hydrogen-bond acceptors (Lipinski definition) is 3. The lowest BCUT2D eigenvalue weighted by Crippen LogP contribution is -2.34. The largest absolute Gasteiger partial charge is 0.378 e. The molecule has 0 atom stereocenters. The zero-order valence-electron chi connectivity index (χ0n) is 20.3. The lowest BCUT2D eigenvalue weighted by atomic mass is 9.71. The summed E-state index contributed by atoms with van der Waals surface area (Å²) in [6, 6.07) is 21.5. The van der Waals surface area contributed by atoms with Gasteiger partial charge in [-0.15, -0.1) is 0 Å². The maximum atomic E-state index is 13.0. The second-order valence-corrected chi connectivity index (χ2v) is 9.78. The third-order valence-electron chi connectivity index (χ3n) is 7.33. The molecule has 1 aliphatic carbocycles. The van der Waals surface area contributed by atoms with Gasteiger partial charge in [0.2, 0.25) is 0 Å². The van der Waals surface area contributed by atoms with Gasteiger partial charge in [-0.05, 0) is 60.9 Å². The van der Waals surface area contributed by atoms with Crippen LogP contribution in [0.2, 0.25) is 0 Å². The summed E-state index contributed by atoms with van der Waals surface area (Å²) in [7, 11) is 3.97. The number of urea groups is 1. The van der Waals surface area contributed by atoms with Gasteiger partial charge in [-0.2, -0.15) is 0 Å². The van der Waals surface area contributed by atoms with Crippen LogP contribution in [0.5, 0.6) is 0 Å². The van der Waals surface area contributed by atoms with E-state index in [2.05, 4.69) is 44.6 Å². The van der Waals surface area contributed by atoms with Crippen LogP contribution in [0, 0.1) is 6.57 Å². The SMILES string of the molecule is [C-]#[N+]c1ccc(NC(=O)Nc2ccc(N(C)C)cc2)c(N2CC3(CCCCC3)c3ccccc32)c1. The fraction of sp³-hybridized carbons (Fsp3) is 0.310. The molecule has 6 nitrogen and oxygen atoms in total. The molecule has 0 saturated heterocycles. The van der Waals surface area contributed by atoms with Crippen molar-refractivity contribution in [2.45, 2.75) is 37.5 Å². The van der Waals surface area contributed by atoms with Gasteiger partial charge in [-0.3, -0.25) is 0 Å². The highest BCUT2D eigenvalue weighted by atomic mass is 16.2. The highest BCUT2D eigenvalue weighted by Crippen LogP contribution is 2.52. The molecule has 2 amide bonds. The van der Waals surface area contributed by atoms with Crippen molar-refractivity contribution in [3.63, 3.8) is 0 Å². The summed E-state index contributed by atoms with van der Waals surface area (Å²) in [5.74, 6) is 0. The van der Waals surface area contributed by atoms with Crippen molar-refractivity contribution in [1.82, 2.24) is 0 Å². The standard InChI is InChI=1S/C29H31N5O/c1-30-22-13-16-25(32-28(35)31-21-11-14-23(15-12-21)33(2)3)27(19-22)34-20-29(17-7-4-8-18-29)24-9-5-6-10-26(24)34/h5-6,9-16,19H,4,7-8,17-18,20H2,2-3H3,(H2,31,32,35). The Balaban J connectivity index is 1.44. The van der Waals surface area contributed by atoms with Crippen molar-refractivity contribution >= 4 is 40.2 Å². The monoisotopic (exact) mass is 465 g/mol. The van der Waals surface area contributed by atoms with E-state index in [1.807, 2.05) is 55.4 Å². The van der Waals surface area contributed by atoms with Crippen molar-refractivity contribution in [2.24, 2.45) is 0 Å². The van der Waals surface area contributed by atoms with E-state index < -0.39 is 0 Å². The van der Waals surface area contributed by atoms with Gasteiger partial charge in [0.15, 0.2) is 5.69 Å². The molecular formula is C29H31N5O. The molecule has 1 aliphatic heterocycles. The van der Waals surface area contributed by atoms with Gasteiger partial charge in [0.25, 0.3) is 0 Å². The fourth-order valence-corrected chi connectivity index (χ4v) is 5.55. The number of hydrogen-bond donors (Lipinski definition) is 2. The number of nitrogens with one attached hydrogen (secondary N) is 2. The minimum atomic E-state index is -0.306. The predicted molar refractivity (Wildman–Crippen MR) is 144 cm³/mol. The van der Waals surface area contributed by atoms with Crippen molar-refractivity contribution < 1.29 is 4.79 Å². The Morgan fingerprint density at radius 2 is 1.69 bits per heavy atom. The second kappa shape index (κ2) is 9.34. The van der Waals surface area contributed by atoms with E-state index in [1.54, 1.807) is 6.07 Å². The highest BCUT2D eigenvalue weighted by molar-refractivity contribution is 6.03. The van der Waals surface area contributed by atoms with Crippen LogP contribution in [-0.2, 0) is 5.41 Å². The van der Waals surface area contributed by atoms with E-state index in [4.69, 9.17) is 6.57 Å². The minimum absolute atomic E-state index is 0.136. The topological polar surface area (TPSA) is 52.0 Å². The zero-order chi connectivity index (χ0) is 24.4. The molecule has 3 aromatic carbocycles. The molecule has 1 heterocycles. The predicted octanol–water partition coefficient (Wildman–Crippen LogP) is 7.30. The van der Waals surface area contributed by atoms with E-state index in [9.17, 15) is 4.79 Å². The molecule has 0 unspecified atom stereocenters. The Morgan fingerprint density at radius 1 is 0.943 bits per heavy atom. The molecule has 5 rings (SSSR count). The third kappa shape index (κ3) is 4.42. The van der Waals surface area contributed by atoms with E-state index in [-0.39, 0.29) is 11.4 Å². The summed E-state index contributed by atoms with van der Waals surface area (Å²) in [6.45, 7) is 8.43. The average Bonchev–Trinajstić information content (AvgIpc) is 3.18. The molecule has 1 spiro atoms. The van der Waals surface area contributed by atoms with Crippen molar-refractivity contribution in [3.05, 3.63) is 83.7 Å². The van der Waals surface area contributed by atoms with E-state index in [1.165, 1.54) is 43.4 Å². The van der Waals surface area contributed by atoms with Crippen molar-refractivity contribution in [3.8, 4) is 0 Å². The Labute approximate surface area is 207 Å². The molecule has 2 N–H and O–H groups in total. The Bertz CT molecular complexity index is 1270. The molecule has 2 aliphatic rings. The molecule has 0 aromatic heterocycles. The number of benzene rings is 3. The molecule has 1 fully saturated rings. The van der Waals surface area contributed by atoms with Gasteiger partial charge in [-0.1, -0.05) is 43.5 Å². The van der Waals surface area contributed by atoms with Crippen LogP contribution in [0.15, 0.2) is 66.7 Å². The fourth-order valence-electron chi connectivity index (χ4n) is 5.55. The number of anilines is 5. The number of fused-ring (bicyclic) bond motifs is 2. The first-order valence-electron chi connectivity index (χ1n) is 12.2. The van der Waals surface area contributed by atoms with Gasteiger partial charge < -0.3 is 20.4 Å². The lowest BCUT2D eigenvalue weighted by Gasteiger charge is -2.34. The normalized spacial score (nSPS) is 15.9. The van der Waals surface area contributed by atoms with E-state index in [0.29, 0.717) is 11.4 Å². The van der Waals surface area contributed by atoms with Crippen LogP contribution in [0.4, 0.5) is 38.9 Å². The summed E-state index contributed by atoms with van der Waals surface area (Å²) in [4.78, 5) is 20.9. The molecule has 6 heteroatoms. The van der Waals surface area contributed by atoms with Crippen molar-refractivity contribution in [1.29, 1.82) is 0 Å². The highest BCUT2D eigenvalue weighted by Gasteiger charge is 2.43. The van der Waals surface area contributed by atoms with Crippen LogP contribution in [0.1, 0.15) is 37.7 Å². The van der Waals surface area contributed by atoms with E-state index >= 15 is 0 Å². The Kier molecular flexibility index (Phi) is 6.08. The zero-order valence-corrected chi connectivity index (χ0v) is 20.3. The van der Waals surface area contributed by atoms with Gasteiger partial charge >= 0.3 is 6.03 Å². The first kappa shape index (κ1) is 22.8. The Hall–Kier alpha value is -3.98.